The number of para-hydroxylation sites is 1. The van der Waals surface area contributed by atoms with Gasteiger partial charge in [-0.3, -0.25) is 9.69 Å². The minimum Gasteiger partial charge on any atom is -0.481 e. The fourth-order valence-corrected chi connectivity index (χ4v) is 3.10. The number of nitrogens with zero attached hydrogens (tertiary/aromatic N) is 1. The molecule has 2 aromatic rings. The highest BCUT2D eigenvalue weighted by Gasteiger charge is 2.29. The maximum absolute atomic E-state index is 11.2. The number of carboxylic acids is 1. The maximum atomic E-state index is 11.2. The number of likely N-dealkylation sites (tertiary alicyclic amines) is 1. The molecule has 0 saturated carbocycles. The number of benzene rings is 1. The summed E-state index contributed by atoms with van der Waals surface area (Å²) < 4.78 is 5.81. The van der Waals surface area contributed by atoms with E-state index in [1.807, 2.05) is 30.3 Å². The lowest BCUT2D eigenvalue weighted by Crippen LogP contribution is -2.41. The molecule has 1 aliphatic rings. The van der Waals surface area contributed by atoms with Gasteiger partial charge < -0.3 is 9.52 Å². The van der Waals surface area contributed by atoms with Crippen molar-refractivity contribution < 1.29 is 14.3 Å². The fraction of sp³-hybridized carbons (Fsp3) is 0.438. The number of hydrogen-bond donors (Lipinski definition) is 1. The van der Waals surface area contributed by atoms with Gasteiger partial charge in [0.1, 0.15) is 11.3 Å². The summed E-state index contributed by atoms with van der Waals surface area (Å²) in [7, 11) is 0. The second-order valence-electron chi connectivity index (χ2n) is 5.82. The minimum absolute atomic E-state index is 0.261. The molecule has 1 aliphatic heterocycles. The van der Waals surface area contributed by atoms with Gasteiger partial charge >= 0.3 is 5.97 Å². The highest BCUT2D eigenvalue weighted by Crippen LogP contribution is 2.25. The summed E-state index contributed by atoms with van der Waals surface area (Å²) >= 11 is 0. The maximum Gasteiger partial charge on any atom is 0.307 e. The van der Waals surface area contributed by atoms with Crippen LogP contribution < -0.4 is 0 Å². The largest absolute Gasteiger partial charge is 0.481 e. The van der Waals surface area contributed by atoms with Crippen molar-refractivity contribution in [3.8, 4) is 0 Å². The molecule has 0 spiro atoms. The van der Waals surface area contributed by atoms with Crippen LogP contribution in [0.3, 0.4) is 0 Å². The Bertz CT molecular complexity index is 586. The molecule has 2 heterocycles. The first-order valence-corrected chi connectivity index (χ1v) is 7.04. The molecule has 1 aromatic carbocycles. The predicted octanol–water partition coefficient (Wildman–Crippen LogP) is 2.98. The van der Waals surface area contributed by atoms with E-state index in [1.165, 1.54) is 0 Å². The Morgan fingerprint density at radius 2 is 2.20 bits per heavy atom. The van der Waals surface area contributed by atoms with E-state index in [1.54, 1.807) is 0 Å². The predicted molar refractivity (Wildman–Crippen MR) is 76.4 cm³/mol. The Morgan fingerprint density at radius 1 is 1.40 bits per heavy atom. The van der Waals surface area contributed by atoms with Gasteiger partial charge in [-0.25, -0.2) is 0 Å². The van der Waals surface area contributed by atoms with Crippen molar-refractivity contribution in [3.63, 3.8) is 0 Å². The molecule has 1 N–H and O–H groups in total. The van der Waals surface area contributed by atoms with Crippen molar-refractivity contribution in [1.29, 1.82) is 0 Å². The van der Waals surface area contributed by atoms with Crippen LogP contribution in [0.25, 0.3) is 11.0 Å². The number of carboxylic acid groups (broad SMARTS) is 1. The summed E-state index contributed by atoms with van der Waals surface area (Å²) in [6, 6.07) is 9.98. The molecule has 1 saturated heterocycles. The average molecular weight is 273 g/mol. The van der Waals surface area contributed by atoms with Gasteiger partial charge in [0.25, 0.3) is 0 Å². The van der Waals surface area contributed by atoms with Gasteiger partial charge in [-0.05, 0) is 24.5 Å². The molecule has 1 aromatic heterocycles. The molecule has 0 amide bonds. The van der Waals surface area contributed by atoms with Crippen molar-refractivity contribution in [2.75, 3.05) is 13.1 Å². The fourth-order valence-electron chi connectivity index (χ4n) is 3.10. The van der Waals surface area contributed by atoms with Crippen LogP contribution in [0.1, 0.15) is 19.1 Å². The lowest BCUT2D eigenvalue weighted by Gasteiger charge is -2.33. The SMILES string of the molecule is CC1CC(C(=O)O)CN(Cc2cc3ccccc3o2)C1. The van der Waals surface area contributed by atoms with E-state index >= 15 is 0 Å². The van der Waals surface area contributed by atoms with E-state index in [4.69, 9.17) is 4.42 Å². The first-order chi connectivity index (χ1) is 9.61. The lowest BCUT2D eigenvalue weighted by molar-refractivity contribution is -0.144. The number of hydrogen-bond acceptors (Lipinski definition) is 3. The van der Waals surface area contributed by atoms with Crippen molar-refractivity contribution in [2.45, 2.75) is 19.9 Å². The zero-order chi connectivity index (χ0) is 14.1. The van der Waals surface area contributed by atoms with Crippen molar-refractivity contribution in [3.05, 3.63) is 36.1 Å². The van der Waals surface area contributed by atoms with Crippen molar-refractivity contribution >= 4 is 16.9 Å². The first-order valence-electron chi connectivity index (χ1n) is 7.04. The molecular weight excluding hydrogens is 254 g/mol. The number of aliphatic carboxylic acids is 1. The van der Waals surface area contributed by atoms with Gasteiger partial charge in [0, 0.05) is 18.5 Å². The number of carbonyl (C=O) groups is 1. The van der Waals surface area contributed by atoms with Crippen LogP contribution in [-0.2, 0) is 11.3 Å². The molecule has 2 unspecified atom stereocenters. The molecule has 20 heavy (non-hydrogen) atoms. The molecule has 0 aliphatic carbocycles. The first kappa shape index (κ1) is 13.2. The van der Waals surface area contributed by atoms with Crippen molar-refractivity contribution in [2.24, 2.45) is 11.8 Å². The van der Waals surface area contributed by atoms with Gasteiger partial charge in [-0.2, -0.15) is 0 Å². The van der Waals surface area contributed by atoms with E-state index in [9.17, 15) is 9.90 Å². The summed E-state index contributed by atoms with van der Waals surface area (Å²) in [5, 5.41) is 10.3. The van der Waals surface area contributed by atoms with Gasteiger partial charge in [0.05, 0.1) is 12.5 Å². The van der Waals surface area contributed by atoms with E-state index in [-0.39, 0.29) is 5.92 Å². The number of fused-ring (bicyclic) bond motifs is 1. The second kappa shape index (κ2) is 5.29. The standard InChI is InChI=1S/C16H19NO3/c1-11-6-13(16(18)19)9-17(8-11)10-14-7-12-4-2-3-5-15(12)20-14/h2-5,7,11,13H,6,8-10H2,1H3,(H,18,19). The molecule has 0 radical (unpaired) electrons. The molecule has 4 nitrogen and oxygen atoms in total. The summed E-state index contributed by atoms with van der Waals surface area (Å²) in [6.07, 6.45) is 0.770. The van der Waals surface area contributed by atoms with Gasteiger partial charge in [0.15, 0.2) is 0 Å². The average Bonchev–Trinajstić information content (AvgIpc) is 2.79. The highest BCUT2D eigenvalue weighted by molar-refractivity contribution is 5.77. The third-order valence-electron chi connectivity index (χ3n) is 3.94. The summed E-state index contributed by atoms with van der Waals surface area (Å²) in [6.45, 7) is 4.33. The summed E-state index contributed by atoms with van der Waals surface area (Å²) in [5.41, 5.74) is 0.891. The molecule has 2 atom stereocenters. The Morgan fingerprint density at radius 3 is 2.95 bits per heavy atom. The topological polar surface area (TPSA) is 53.7 Å². The molecule has 0 bridgehead atoms. The number of piperidine rings is 1. The van der Waals surface area contributed by atoms with Crippen LogP contribution in [0, 0.1) is 11.8 Å². The van der Waals surface area contributed by atoms with Gasteiger partial charge in [-0.1, -0.05) is 25.1 Å². The van der Waals surface area contributed by atoms with E-state index < -0.39 is 5.97 Å². The molecule has 1 fully saturated rings. The zero-order valence-corrected chi connectivity index (χ0v) is 11.6. The lowest BCUT2D eigenvalue weighted by atomic mass is 9.90. The molecule has 4 heteroatoms. The molecule has 106 valence electrons. The highest BCUT2D eigenvalue weighted by atomic mass is 16.4. The van der Waals surface area contributed by atoms with Gasteiger partial charge in [-0.15, -0.1) is 0 Å². The van der Waals surface area contributed by atoms with Crippen LogP contribution in [0.5, 0.6) is 0 Å². The van der Waals surface area contributed by atoms with Crippen LogP contribution in [-0.4, -0.2) is 29.1 Å². The normalized spacial score (nSPS) is 24.1. The Balaban J connectivity index is 1.74. The third-order valence-corrected chi connectivity index (χ3v) is 3.94. The Labute approximate surface area is 118 Å². The summed E-state index contributed by atoms with van der Waals surface area (Å²) in [4.78, 5) is 13.4. The monoisotopic (exact) mass is 273 g/mol. The third kappa shape index (κ3) is 2.70. The second-order valence-corrected chi connectivity index (χ2v) is 5.82. The van der Waals surface area contributed by atoms with Crippen molar-refractivity contribution in [1.82, 2.24) is 4.90 Å². The number of rotatable bonds is 3. The summed E-state index contributed by atoms with van der Waals surface area (Å²) in [5.74, 6) is 0.368. The van der Waals surface area contributed by atoms with Crippen LogP contribution in [0.15, 0.2) is 34.7 Å². The Hall–Kier alpha value is -1.81. The smallest absolute Gasteiger partial charge is 0.307 e. The van der Waals surface area contributed by atoms with E-state index in [0.717, 1.165) is 29.7 Å². The van der Waals surface area contributed by atoms with Crippen LogP contribution in [0.2, 0.25) is 0 Å². The molecule has 3 rings (SSSR count). The quantitative estimate of drug-likeness (QED) is 0.934. The van der Waals surface area contributed by atoms with Crippen LogP contribution in [0.4, 0.5) is 0 Å². The van der Waals surface area contributed by atoms with E-state index in [2.05, 4.69) is 11.8 Å². The molecular formula is C16H19NO3. The van der Waals surface area contributed by atoms with Gasteiger partial charge in [0.2, 0.25) is 0 Å². The minimum atomic E-state index is -0.689. The van der Waals surface area contributed by atoms with E-state index in [0.29, 0.717) is 19.0 Å². The zero-order valence-electron chi connectivity index (χ0n) is 11.6. The Kier molecular flexibility index (Phi) is 3.49. The number of furan rings is 1. The van der Waals surface area contributed by atoms with Crippen LogP contribution >= 0.6 is 0 Å².